The fraction of sp³-hybridized carbons (Fsp3) is 0.571. The van der Waals surface area contributed by atoms with Crippen molar-refractivity contribution >= 4 is 5.91 Å². The highest BCUT2D eigenvalue weighted by molar-refractivity contribution is 5.93. The first kappa shape index (κ1) is 15.3. The highest BCUT2D eigenvalue weighted by Gasteiger charge is 2.18. The van der Waals surface area contributed by atoms with Gasteiger partial charge in [-0.2, -0.15) is 5.26 Å². The van der Waals surface area contributed by atoms with Crippen LogP contribution in [0.25, 0.3) is 0 Å². The molecular weight excluding hydrogens is 242 g/mol. The lowest BCUT2D eigenvalue weighted by molar-refractivity contribution is 0.0810. The van der Waals surface area contributed by atoms with E-state index in [1.54, 1.807) is 23.9 Å². The van der Waals surface area contributed by atoms with Gasteiger partial charge in [-0.3, -0.25) is 4.79 Å². The van der Waals surface area contributed by atoms with Crippen LogP contribution < -0.4 is 5.32 Å². The number of aryl methyl sites for hydroxylation is 1. The summed E-state index contributed by atoms with van der Waals surface area (Å²) in [6.45, 7) is 4.28. The molecule has 0 aliphatic heterocycles. The van der Waals surface area contributed by atoms with Crippen molar-refractivity contribution in [1.29, 1.82) is 5.26 Å². The van der Waals surface area contributed by atoms with Crippen molar-refractivity contribution in [3.8, 4) is 6.07 Å². The summed E-state index contributed by atoms with van der Waals surface area (Å²) >= 11 is 0. The number of aliphatic hydroxyl groups excluding tert-OH is 1. The van der Waals surface area contributed by atoms with E-state index < -0.39 is 6.10 Å². The zero-order valence-electron chi connectivity index (χ0n) is 11.7. The van der Waals surface area contributed by atoms with Crippen LogP contribution in [0.2, 0.25) is 0 Å². The molecule has 0 radical (unpaired) electrons. The van der Waals surface area contributed by atoms with Gasteiger partial charge < -0.3 is 15.0 Å². The Morgan fingerprint density at radius 1 is 1.53 bits per heavy atom. The number of aliphatic hydroxyl groups is 1. The van der Waals surface area contributed by atoms with Gasteiger partial charge in [0.25, 0.3) is 5.91 Å². The molecule has 0 spiro atoms. The van der Waals surface area contributed by atoms with Crippen LogP contribution in [0.15, 0.2) is 12.3 Å². The summed E-state index contributed by atoms with van der Waals surface area (Å²) in [6.07, 6.45) is 2.84. The summed E-state index contributed by atoms with van der Waals surface area (Å²) in [5.41, 5.74) is 0.876. The minimum Gasteiger partial charge on any atom is -0.391 e. The van der Waals surface area contributed by atoms with Gasteiger partial charge in [0, 0.05) is 19.8 Å². The van der Waals surface area contributed by atoms with Crippen LogP contribution in [0.5, 0.6) is 0 Å². The Kier molecular flexibility index (Phi) is 5.58. The molecule has 0 saturated heterocycles. The molecule has 1 amide bonds. The van der Waals surface area contributed by atoms with E-state index in [9.17, 15) is 9.90 Å². The van der Waals surface area contributed by atoms with Gasteiger partial charge in [0.1, 0.15) is 11.8 Å². The number of rotatable bonds is 6. The number of carbonyl (C=O) groups is 1. The van der Waals surface area contributed by atoms with E-state index in [1.807, 2.05) is 19.9 Å². The zero-order chi connectivity index (χ0) is 14.4. The van der Waals surface area contributed by atoms with E-state index in [1.165, 1.54) is 0 Å². The van der Waals surface area contributed by atoms with Crippen LogP contribution in [0, 0.1) is 17.2 Å². The maximum Gasteiger partial charge on any atom is 0.268 e. The molecule has 5 heteroatoms. The number of amides is 1. The third-order valence-corrected chi connectivity index (χ3v) is 3.43. The molecular formula is C14H21N3O2. The second-order valence-corrected chi connectivity index (χ2v) is 4.69. The van der Waals surface area contributed by atoms with Crippen molar-refractivity contribution in [1.82, 2.24) is 9.88 Å². The van der Waals surface area contributed by atoms with Crippen molar-refractivity contribution in [2.75, 3.05) is 6.54 Å². The first-order chi connectivity index (χ1) is 9.03. The Bertz CT molecular complexity index is 470. The minimum absolute atomic E-state index is 0.198. The summed E-state index contributed by atoms with van der Waals surface area (Å²) in [7, 11) is 1.72. The summed E-state index contributed by atoms with van der Waals surface area (Å²) in [5.74, 6) is -0.0719. The Hall–Kier alpha value is -1.80. The van der Waals surface area contributed by atoms with Crippen molar-refractivity contribution in [2.24, 2.45) is 13.0 Å². The first-order valence-electron chi connectivity index (χ1n) is 6.56. The lowest BCUT2D eigenvalue weighted by Crippen LogP contribution is -2.36. The van der Waals surface area contributed by atoms with E-state index in [-0.39, 0.29) is 18.4 Å². The smallest absolute Gasteiger partial charge is 0.268 e. The number of nitriles is 1. The quantitative estimate of drug-likeness (QED) is 0.815. The molecule has 0 saturated carbocycles. The van der Waals surface area contributed by atoms with Crippen molar-refractivity contribution in [3.63, 3.8) is 0 Å². The Morgan fingerprint density at radius 2 is 2.16 bits per heavy atom. The van der Waals surface area contributed by atoms with Crippen LogP contribution in [0.4, 0.5) is 0 Å². The molecule has 104 valence electrons. The van der Waals surface area contributed by atoms with Gasteiger partial charge in [0.05, 0.1) is 11.7 Å². The molecule has 1 aromatic heterocycles. The summed E-state index contributed by atoms with van der Waals surface area (Å²) in [5, 5.41) is 21.4. The lowest BCUT2D eigenvalue weighted by Gasteiger charge is -2.20. The van der Waals surface area contributed by atoms with Gasteiger partial charge in [-0.25, -0.2) is 0 Å². The number of hydrogen-bond donors (Lipinski definition) is 2. The fourth-order valence-corrected chi connectivity index (χ4v) is 2.14. The molecule has 0 aliphatic carbocycles. The molecule has 0 fully saturated rings. The van der Waals surface area contributed by atoms with Crippen molar-refractivity contribution < 1.29 is 9.90 Å². The molecule has 5 nitrogen and oxygen atoms in total. The minimum atomic E-state index is -0.533. The normalized spacial score (nSPS) is 12.2. The standard InChI is InChI=1S/C14H21N3O2/c1-4-11(5-2)13(18)8-16-14(19)12-6-10(7-15)9-17(12)3/h6,9,11,13,18H,4-5,8H2,1-3H3,(H,16,19). The molecule has 0 aromatic carbocycles. The second-order valence-electron chi connectivity index (χ2n) is 4.69. The summed E-state index contributed by atoms with van der Waals surface area (Å²) in [4.78, 5) is 11.9. The third-order valence-electron chi connectivity index (χ3n) is 3.43. The monoisotopic (exact) mass is 263 g/mol. The molecule has 2 N–H and O–H groups in total. The summed E-state index contributed by atoms with van der Waals surface area (Å²) in [6, 6.07) is 3.53. The zero-order valence-corrected chi connectivity index (χ0v) is 11.7. The number of hydrogen-bond acceptors (Lipinski definition) is 3. The summed E-state index contributed by atoms with van der Waals surface area (Å²) < 4.78 is 1.61. The second kappa shape index (κ2) is 6.95. The average Bonchev–Trinajstić information content (AvgIpc) is 2.78. The highest BCUT2D eigenvalue weighted by atomic mass is 16.3. The van der Waals surface area contributed by atoms with Crippen molar-refractivity contribution in [3.05, 3.63) is 23.5 Å². The van der Waals surface area contributed by atoms with Gasteiger partial charge in [-0.1, -0.05) is 26.7 Å². The third kappa shape index (κ3) is 3.83. The van der Waals surface area contributed by atoms with Crippen LogP contribution in [0.1, 0.15) is 42.7 Å². The topological polar surface area (TPSA) is 78.1 Å². The van der Waals surface area contributed by atoms with Gasteiger partial charge in [-0.05, 0) is 12.0 Å². The van der Waals surface area contributed by atoms with Crippen LogP contribution >= 0.6 is 0 Å². The Morgan fingerprint density at radius 3 is 2.63 bits per heavy atom. The Balaban J connectivity index is 2.60. The predicted octanol–water partition coefficient (Wildman–Crippen LogP) is 1.42. The largest absolute Gasteiger partial charge is 0.391 e. The van der Waals surface area contributed by atoms with E-state index in [2.05, 4.69) is 5.32 Å². The average molecular weight is 263 g/mol. The molecule has 1 atom stereocenters. The first-order valence-corrected chi connectivity index (χ1v) is 6.56. The Labute approximate surface area is 113 Å². The molecule has 1 heterocycles. The van der Waals surface area contributed by atoms with E-state index in [4.69, 9.17) is 5.26 Å². The highest BCUT2D eigenvalue weighted by Crippen LogP contribution is 2.12. The van der Waals surface area contributed by atoms with Gasteiger partial charge >= 0.3 is 0 Å². The molecule has 1 rings (SSSR count). The van der Waals surface area contributed by atoms with Crippen LogP contribution in [-0.4, -0.2) is 28.2 Å². The number of nitrogens with zero attached hydrogens (tertiary/aromatic N) is 2. The van der Waals surface area contributed by atoms with Crippen LogP contribution in [-0.2, 0) is 7.05 Å². The van der Waals surface area contributed by atoms with Crippen molar-refractivity contribution in [2.45, 2.75) is 32.8 Å². The molecule has 1 aromatic rings. The molecule has 0 bridgehead atoms. The van der Waals surface area contributed by atoms with E-state index >= 15 is 0 Å². The molecule has 0 aliphatic rings. The maximum atomic E-state index is 11.9. The van der Waals surface area contributed by atoms with E-state index in [0.29, 0.717) is 11.3 Å². The van der Waals surface area contributed by atoms with Gasteiger partial charge in [0.15, 0.2) is 0 Å². The predicted molar refractivity (Wildman–Crippen MR) is 72.5 cm³/mol. The van der Waals surface area contributed by atoms with E-state index in [0.717, 1.165) is 12.8 Å². The lowest BCUT2D eigenvalue weighted by atomic mass is 9.96. The maximum absolute atomic E-state index is 11.9. The number of nitrogens with one attached hydrogen (secondary N) is 1. The molecule has 1 unspecified atom stereocenters. The number of aromatic nitrogens is 1. The fourth-order valence-electron chi connectivity index (χ4n) is 2.14. The SMILES string of the molecule is CCC(CC)C(O)CNC(=O)c1cc(C#N)cn1C. The molecule has 19 heavy (non-hydrogen) atoms. The van der Waals surface area contributed by atoms with Crippen LogP contribution in [0.3, 0.4) is 0 Å². The van der Waals surface area contributed by atoms with Gasteiger partial charge in [0.2, 0.25) is 0 Å². The van der Waals surface area contributed by atoms with Gasteiger partial charge in [-0.15, -0.1) is 0 Å². The number of carbonyl (C=O) groups excluding carboxylic acids is 1.